The van der Waals surface area contributed by atoms with Gasteiger partial charge < -0.3 is 10.2 Å². The summed E-state index contributed by atoms with van der Waals surface area (Å²) in [5, 5.41) is 0. The highest BCUT2D eigenvalue weighted by molar-refractivity contribution is 7.89. The van der Waals surface area contributed by atoms with Crippen molar-refractivity contribution in [3.05, 3.63) is 48.2 Å². The first-order valence-electron chi connectivity index (χ1n) is 5.45. The molecule has 19 heavy (non-hydrogen) atoms. The molecular weight excluding hydrogens is 271 g/mol. The van der Waals surface area contributed by atoms with E-state index >= 15 is 0 Å². The highest BCUT2D eigenvalue weighted by Gasteiger charge is 2.25. The van der Waals surface area contributed by atoms with Crippen molar-refractivity contribution in [2.75, 3.05) is 12.8 Å². The Labute approximate surface area is 110 Å². The minimum Gasteiger partial charge on any atom is -0.468 e. The van der Waals surface area contributed by atoms with E-state index in [0.717, 1.165) is 10.4 Å². The van der Waals surface area contributed by atoms with Gasteiger partial charge in [-0.1, -0.05) is 6.07 Å². The quantitative estimate of drug-likeness (QED) is 0.869. The number of nitrogens with two attached hydrogens (primary N) is 1. The van der Waals surface area contributed by atoms with Gasteiger partial charge in [0, 0.05) is 7.05 Å². The van der Waals surface area contributed by atoms with E-state index in [2.05, 4.69) is 0 Å². The van der Waals surface area contributed by atoms with Crippen LogP contribution in [0.1, 0.15) is 5.76 Å². The van der Waals surface area contributed by atoms with Crippen molar-refractivity contribution in [3.63, 3.8) is 0 Å². The number of hydrogen-bond donors (Lipinski definition) is 1. The Morgan fingerprint density at radius 1 is 1.32 bits per heavy atom. The van der Waals surface area contributed by atoms with Crippen molar-refractivity contribution in [1.29, 1.82) is 0 Å². The molecule has 2 N–H and O–H groups in total. The second kappa shape index (κ2) is 5.02. The van der Waals surface area contributed by atoms with Crippen LogP contribution in [0.3, 0.4) is 0 Å². The molecule has 1 aromatic carbocycles. The molecule has 0 amide bonds. The molecule has 102 valence electrons. The molecule has 2 aromatic rings. The van der Waals surface area contributed by atoms with E-state index in [-0.39, 0.29) is 17.1 Å². The van der Waals surface area contributed by atoms with E-state index in [1.807, 2.05) is 0 Å². The maximum Gasteiger partial charge on any atom is 0.245 e. The van der Waals surface area contributed by atoms with E-state index in [1.165, 1.54) is 25.4 Å². The number of nitrogens with zero attached hydrogens (tertiary/aromatic N) is 1. The van der Waals surface area contributed by atoms with Gasteiger partial charge in [-0.15, -0.1) is 0 Å². The number of hydrogen-bond acceptors (Lipinski definition) is 4. The Balaban J connectivity index is 2.34. The molecule has 0 bridgehead atoms. The first kappa shape index (κ1) is 13.6. The number of anilines is 1. The second-order valence-electron chi connectivity index (χ2n) is 3.99. The van der Waals surface area contributed by atoms with Gasteiger partial charge in [-0.25, -0.2) is 12.8 Å². The molecule has 0 aliphatic heterocycles. The normalized spacial score (nSPS) is 11.9. The van der Waals surface area contributed by atoms with Crippen molar-refractivity contribution >= 4 is 15.7 Å². The first-order chi connectivity index (χ1) is 8.93. The summed E-state index contributed by atoms with van der Waals surface area (Å²) in [6.45, 7) is 0.0469. The number of sulfonamides is 1. The zero-order valence-electron chi connectivity index (χ0n) is 10.2. The Bertz CT molecular complexity index is 668. The van der Waals surface area contributed by atoms with Crippen LogP contribution in [0, 0.1) is 5.82 Å². The number of rotatable bonds is 4. The minimum atomic E-state index is -3.86. The third-order valence-corrected chi connectivity index (χ3v) is 4.52. The standard InChI is InChI=1S/C12H13FN2O3S/c1-15(8-9-4-3-7-18-9)19(16,17)11-6-2-5-10(13)12(11)14/h2-7H,8,14H2,1H3. The molecular formula is C12H13FN2O3S. The SMILES string of the molecule is CN(Cc1ccco1)S(=O)(=O)c1cccc(F)c1N. The number of benzene rings is 1. The van der Waals surface area contributed by atoms with Gasteiger partial charge in [0.1, 0.15) is 16.5 Å². The lowest BCUT2D eigenvalue weighted by atomic mass is 10.3. The molecule has 0 fully saturated rings. The van der Waals surface area contributed by atoms with Gasteiger partial charge in [0.15, 0.2) is 0 Å². The second-order valence-corrected chi connectivity index (χ2v) is 6.01. The Morgan fingerprint density at radius 3 is 2.68 bits per heavy atom. The van der Waals surface area contributed by atoms with E-state index in [9.17, 15) is 12.8 Å². The van der Waals surface area contributed by atoms with E-state index in [1.54, 1.807) is 12.1 Å². The zero-order chi connectivity index (χ0) is 14.0. The van der Waals surface area contributed by atoms with Crippen molar-refractivity contribution in [1.82, 2.24) is 4.31 Å². The molecule has 0 atom stereocenters. The van der Waals surface area contributed by atoms with Gasteiger partial charge >= 0.3 is 0 Å². The first-order valence-corrected chi connectivity index (χ1v) is 6.89. The molecule has 0 radical (unpaired) electrons. The summed E-state index contributed by atoms with van der Waals surface area (Å²) >= 11 is 0. The number of para-hydroxylation sites is 1. The summed E-state index contributed by atoms with van der Waals surface area (Å²) in [4.78, 5) is -0.249. The van der Waals surface area contributed by atoms with E-state index < -0.39 is 15.8 Å². The van der Waals surface area contributed by atoms with Crippen molar-refractivity contribution in [2.45, 2.75) is 11.4 Å². The van der Waals surface area contributed by atoms with Gasteiger partial charge in [0.25, 0.3) is 0 Å². The monoisotopic (exact) mass is 284 g/mol. The predicted molar refractivity (Wildman–Crippen MR) is 68.2 cm³/mol. The lowest BCUT2D eigenvalue weighted by Crippen LogP contribution is -2.27. The van der Waals surface area contributed by atoms with Crippen molar-refractivity contribution < 1.29 is 17.2 Å². The lowest BCUT2D eigenvalue weighted by Gasteiger charge is -2.17. The highest BCUT2D eigenvalue weighted by atomic mass is 32.2. The number of halogens is 1. The Morgan fingerprint density at radius 2 is 2.05 bits per heavy atom. The fraction of sp³-hybridized carbons (Fsp3) is 0.167. The van der Waals surface area contributed by atoms with Crippen LogP contribution in [0.15, 0.2) is 45.9 Å². The maximum atomic E-state index is 13.3. The molecule has 5 nitrogen and oxygen atoms in total. The molecule has 0 saturated heterocycles. The zero-order valence-corrected chi connectivity index (χ0v) is 11.0. The molecule has 1 heterocycles. The number of furan rings is 1. The van der Waals surface area contributed by atoms with Crippen LogP contribution >= 0.6 is 0 Å². The summed E-state index contributed by atoms with van der Waals surface area (Å²) in [5.41, 5.74) is 5.09. The van der Waals surface area contributed by atoms with Crippen LogP contribution in [-0.4, -0.2) is 19.8 Å². The van der Waals surface area contributed by atoms with Crippen molar-refractivity contribution in [3.8, 4) is 0 Å². The molecule has 2 rings (SSSR count). The van der Waals surface area contributed by atoms with Crippen LogP contribution in [0.25, 0.3) is 0 Å². The fourth-order valence-electron chi connectivity index (χ4n) is 1.62. The van der Waals surface area contributed by atoms with Gasteiger partial charge in [-0.05, 0) is 24.3 Å². The summed E-state index contributed by atoms with van der Waals surface area (Å²) < 4.78 is 44.0. The van der Waals surface area contributed by atoms with Crippen LogP contribution in [-0.2, 0) is 16.6 Å². The molecule has 0 aliphatic rings. The topological polar surface area (TPSA) is 76.5 Å². The van der Waals surface area contributed by atoms with Crippen LogP contribution in [0.4, 0.5) is 10.1 Å². The average Bonchev–Trinajstić information content (AvgIpc) is 2.85. The summed E-state index contributed by atoms with van der Waals surface area (Å²) in [7, 11) is -2.48. The van der Waals surface area contributed by atoms with E-state index in [0.29, 0.717) is 5.76 Å². The Kier molecular flexibility index (Phi) is 3.59. The predicted octanol–water partition coefficient (Wildman–Crippen LogP) is 1.82. The summed E-state index contributed by atoms with van der Waals surface area (Å²) in [6, 6.07) is 7.00. The van der Waals surface area contributed by atoms with Crippen LogP contribution in [0.2, 0.25) is 0 Å². The molecule has 0 unspecified atom stereocenters. The Hall–Kier alpha value is -1.86. The smallest absolute Gasteiger partial charge is 0.245 e. The summed E-state index contributed by atoms with van der Waals surface area (Å²) in [6.07, 6.45) is 1.45. The third kappa shape index (κ3) is 2.61. The minimum absolute atomic E-state index is 0.0469. The van der Waals surface area contributed by atoms with Crippen LogP contribution in [0.5, 0.6) is 0 Å². The average molecular weight is 284 g/mol. The molecule has 0 saturated carbocycles. The van der Waals surface area contributed by atoms with Gasteiger partial charge in [0.2, 0.25) is 10.0 Å². The lowest BCUT2D eigenvalue weighted by molar-refractivity contribution is 0.406. The van der Waals surface area contributed by atoms with E-state index in [4.69, 9.17) is 10.2 Å². The van der Waals surface area contributed by atoms with Gasteiger partial charge in [0.05, 0.1) is 18.5 Å². The maximum absolute atomic E-state index is 13.3. The van der Waals surface area contributed by atoms with Crippen molar-refractivity contribution in [2.24, 2.45) is 0 Å². The molecule has 1 aromatic heterocycles. The number of nitrogen functional groups attached to an aromatic ring is 1. The third-order valence-electron chi connectivity index (χ3n) is 2.66. The summed E-state index contributed by atoms with van der Waals surface area (Å²) in [5.74, 6) is -0.270. The van der Waals surface area contributed by atoms with Crippen LogP contribution < -0.4 is 5.73 Å². The molecule has 0 aliphatic carbocycles. The fourth-order valence-corrected chi connectivity index (χ4v) is 2.88. The largest absolute Gasteiger partial charge is 0.468 e. The molecule has 7 heteroatoms. The highest BCUT2D eigenvalue weighted by Crippen LogP contribution is 2.24. The molecule has 0 spiro atoms. The van der Waals surface area contributed by atoms with Gasteiger partial charge in [-0.2, -0.15) is 4.31 Å². The van der Waals surface area contributed by atoms with Gasteiger partial charge in [-0.3, -0.25) is 0 Å².